The van der Waals surface area contributed by atoms with Crippen LogP contribution in [0.3, 0.4) is 0 Å². The van der Waals surface area contributed by atoms with E-state index in [1.807, 2.05) is 0 Å². The van der Waals surface area contributed by atoms with Crippen molar-refractivity contribution in [2.45, 2.75) is 43.4 Å². The highest BCUT2D eigenvalue weighted by molar-refractivity contribution is 9.09. The minimum Gasteiger partial charge on any atom is -0.337 e. The minimum atomic E-state index is 0.370. The number of nitrogens with zero attached hydrogens (tertiary/aromatic N) is 2. The van der Waals surface area contributed by atoms with E-state index in [-0.39, 0.29) is 0 Å². The zero-order valence-corrected chi connectivity index (χ0v) is 13.8. The summed E-state index contributed by atoms with van der Waals surface area (Å²) in [5, 5.41) is 0. The third kappa shape index (κ3) is 1.97. The number of fused-ring (bicyclic) bond motifs is 4. The van der Waals surface area contributed by atoms with Gasteiger partial charge in [0.15, 0.2) is 0 Å². The first-order valence-electron chi connectivity index (χ1n) is 7.91. The zero-order chi connectivity index (χ0) is 13.7. The van der Waals surface area contributed by atoms with Crippen molar-refractivity contribution in [1.29, 1.82) is 0 Å². The van der Waals surface area contributed by atoms with Gasteiger partial charge in [-0.1, -0.05) is 22.0 Å². The molecule has 0 saturated heterocycles. The van der Waals surface area contributed by atoms with Crippen LogP contribution in [0.1, 0.15) is 48.9 Å². The molecule has 1 aromatic heterocycles. The normalized spacial score (nSPS) is 35.4. The van der Waals surface area contributed by atoms with E-state index >= 15 is 0 Å². The number of anilines is 1. The first-order valence-corrected chi connectivity index (χ1v) is 8.83. The molecule has 0 spiro atoms. The average Bonchev–Trinajstić information content (AvgIpc) is 2.87. The molecule has 3 aliphatic carbocycles. The second-order valence-electron chi connectivity index (χ2n) is 7.06. The molecule has 2 heterocycles. The lowest BCUT2D eigenvalue weighted by Gasteiger charge is -2.49. The molecule has 4 aliphatic rings. The Labute approximate surface area is 130 Å². The summed E-state index contributed by atoms with van der Waals surface area (Å²) in [7, 11) is 2.17. The van der Waals surface area contributed by atoms with Crippen LogP contribution >= 0.6 is 15.9 Å². The van der Waals surface area contributed by atoms with Crippen LogP contribution in [0.2, 0.25) is 0 Å². The van der Waals surface area contributed by atoms with Crippen LogP contribution < -0.4 is 4.90 Å². The number of allylic oxidation sites excluding steroid dienone is 1. The highest BCUT2D eigenvalue weighted by Crippen LogP contribution is 2.51. The van der Waals surface area contributed by atoms with E-state index in [2.05, 4.69) is 57.0 Å². The van der Waals surface area contributed by atoms with Crippen molar-refractivity contribution < 1.29 is 0 Å². The zero-order valence-electron chi connectivity index (χ0n) is 12.2. The smallest absolute Gasteiger partial charge is 0.117 e. The topological polar surface area (TPSA) is 8.17 Å². The maximum atomic E-state index is 3.76. The van der Waals surface area contributed by atoms with Crippen LogP contribution in [0.4, 0.5) is 5.82 Å². The average molecular weight is 335 g/mol. The van der Waals surface area contributed by atoms with Gasteiger partial charge in [-0.15, -0.1) is 0 Å². The predicted molar refractivity (Wildman–Crippen MR) is 87.2 cm³/mol. The van der Waals surface area contributed by atoms with E-state index in [1.54, 1.807) is 0 Å². The molecule has 1 unspecified atom stereocenters. The summed E-state index contributed by atoms with van der Waals surface area (Å²) in [4.78, 5) is 2.88. The van der Waals surface area contributed by atoms with Crippen LogP contribution in [-0.4, -0.2) is 11.1 Å². The van der Waals surface area contributed by atoms with Crippen LogP contribution in [0.25, 0.3) is 0 Å². The maximum absolute atomic E-state index is 3.76. The number of halogens is 1. The Kier molecular flexibility index (Phi) is 3.03. The van der Waals surface area contributed by atoms with Crippen molar-refractivity contribution in [3.63, 3.8) is 0 Å². The van der Waals surface area contributed by atoms with E-state index in [0.29, 0.717) is 10.2 Å². The second kappa shape index (κ2) is 4.66. The summed E-state index contributed by atoms with van der Waals surface area (Å²) in [6.07, 6.45) is 15.5. The summed E-state index contributed by atoms with van der Waals surface area (Å²) >= 11 is 3.76. The summed E-state index contributed by atoms with van der Waals surface area (Å²) < 4.78 is 2.28. The van der Waals surface area contributed by atoms with Crippen molar-refractivity contribution in [3.8, 4) is 0 Å². The third-order valence-electron chi connectivity index (χ3n) is 5.83. The first-order chi connectivity index (χ1) is 9.67. The van der Waals surface area contributed by atoms with Gasteiger partial charge in [0.1, 0.15) is 5.82 Å². The molecule has 2 nitrogen and oxygen atoms in total. The summed E-state index contributed by atoms with van der Waals surface area (Å²) in [5.41, 5.74) is 2.00. The minimum absolute atomic E-state index is 0.370. The number of hydrogen-bond acceptors (Lipinski definition) is 1. The van der Waals surface area contributed by atoms with Gasteiger partial charge in [0.2, 0.25) is 0 Å². The molecule has 20 heavy (non-hydrogen) atoms. The van der Waals surface area contributed by atoms with Gasteiger partial charge in [0.05, 0.1) is 4.83 Å². The molecule has 0 radical (unpaired) electrons. The standard InChI is InChI=1S/C17H23BrN2/c1-19-10-5-14-15(18)6-11-20(16(14)19)12-17-7-2-13(3-8-17)4-9-17/h5-6,10-11,13,15H,2-4,7-9,12H2,1H3. The number of aryl methyl sites for hydroxylation is 1. The fraction of sp³-hybridized carbons (Fsp3) is 0.647. The molecule has 1 atom stereocenters. The molecule has 3 saturated carbocycles. The highest BCUT2D eigenvalue weighted by atomic mass is 79.9. The van der Waals surface area contributed by atoms with Crippen molar-refractivity contribution >= 4 is 21.7 Å². The molecule has 1 aromatic rings. The van der Waals surface area contributed by atoms with Crippen molar-refractivity contribution in [1.82, 2.24) is 4.57 Å². The molecule has 3 fully saturated rings. The second-order valence-corrected chi connectivity index (χ2v) is 8.05. The quantitative estimate of drug-likeness (QED) is 0.707. The maximum Gasteiger partial charge on any atom is 0.117 e. The number of rotatable bonds is 2. The number of alkyl halides is 1. The fourth-order valence-corrected chi connectivity index (χ4v) is 5.04. The van der Waals surface area contributed by atoms with Gasteiger partial charge >= 0.3 is 0 Å². The molecule has 2 bridgehead atoms. The van der Waals surface area contributed by atoms with Gasteiger partial charge < -0.3 is 9.47 Å². The van der Waals surface area contributed by atoms with Gasteiger partial charge in [-0.3, -0.25) is 0 Å². The van der Waals surface area contributed by atoms with Gasteiger partial charge in [0, 0.05) is 31.6 Å². The Morgan fingerprint density at radius 2 is 1.95 bits per heavy atom. The Bertz CT molecular complexity index is 523. The number of hydrogen-bond donors (Lipinski definition) is 0. The molecule has 108 valence electrons. The Morgan fingerprint density at radius 3 is 2.65 bits per heavy atom. The van der Waals surface area contributed by atoms with Crippen LogP contribution in [-0.2, 0) is 7.05 Å². The molecule has 3 heteroatoms. The van der Waals surface area contributed by atoms with E-state index in [4.69, 9.17) is 0 Å². The lowest BCUT2D eigenvalue weighted by Crippen LogP contribution is -2.43. The van der Waals surface area contributed by atoms with Crippen LogP contribution in [0, 0.1) is 11.3 Å². The van der Waals surface area contributed by atoms with Crippen LogP contribution in [0.5, 0.6) is 0 Å². The summed E-state index contributed by atoms with van der Waals surface area (Å²) in [6.45, 7) is 1.21. The number of aromatic nitrogens is 1. The molecule has 0 N–H and O–H groups in total. The van der Waals surface area contributed by atoms with Gasteiger partial charge in [-0.25, -0.2) is 0 Å². The van der Waals surface area contributed by atoms with Crippen LogP contribution in [0.15, 0.2) is 24.5 Å². The highest BCUT2D eigenvalue weighted by Gasteiger charge is 2.42. The van der Waals surface area contributed by atoms with Gasteiger partial charge in [0.25, 0.3) is 0 Å². The monoisotopic (exact) mass is 334 g/mol. The molecular formula is C17H23BrN2. The predicted octanol–water partition coefficient (Wildman–Crippen LogP) is 4.77. The largest absolute Gasteiger partial charge is 0.337 e. The summed E-state index contributed by atoms with van der Waals surface area (Å²) in [5.74, 6) is 2.43. The molecular weight excluding hydrogens is 312 g/mol. The molecule has 0 aromatic carbocycles. The van der Waals surface area contributed by atoms with E-state index in [1.165, 1.54) is 56.5 Å². The van der Waals surface area contributed by atoms with Crippen molar-refractivity contribution in [2.75, 3.05) is 11.4 Å². The Morgan fingerprint density at radius 1 is 1.25 bits per heavy atom. The summed E-state index contributed by atoms with van der Waals surface area (Å²) in [6, 6.07) is 2.25. The lowest BCUT2D eigenvalue weighted by atomic mass is 9.60. The third-order valence-corrected chi connectivity index (χ3v) is 6.63. The van der Waals surface area contributed by atoms with E-state index in [9.17, 15) is 0 Å². The Hall–Kier alpha value is -0.700. The van der Waals surface area contributed by atoms with Gasteiger partial charge in [-0.05, 0) is 55.9 Å². The van der Waals surface area contributed by atoms with Gasteiger partial charge in [-0.2, -0.15) is 0 Å². The molecule has 5 rings (SSSR count). The SMILES string of the molecule is Cn1ccc2c1N(CC13CCC(CC1)CC3)C=CC2Br. The first kappa shape index (κ1) is 13.0. The molecule has 1 aliphatic heterocycles. The van der Waals surface area contributed by atoms with E-state index in [0.717, 1.165) is 5.92 Å². The fourth-order valence-electron chi connectivity index (χ4n) is 4.54. The Balaban J connectivity index is 1.63. The van der Waals surface area contributed by atoms with Crippen molar-refractivity contribution in [2.24, 2.45) is 18.4 Å². The van der Waals surface area contributed by atoms with E-state index < -0.39 is 0 Å². The molecule has 0 amide bonds. The lowest BCUT2D eigenvalue weighted by molar-refractivity contribution is 0.0727. The van der Waals surface area contributed by atoms with Crippen molar-refractivity contribution in [3.05, 3.63) is 30.1 Å².